The van der Waals surface area contributed by atoms with Crippen molar-refractivity contribution >= 4 is 24.3 Å². The van der Waals surface area contributed by atoms with Gasteiger partial charge in [0.15, 0.2) is 0 Å². The highest BCUT2D eigenvalue weighted by Gasteiger charge is 2.52. The normalized spacial score (nSPS) is 16.7. The number of carbonyl (C=O) groups is 1. The van der Waals surface area contributed by atoms with Crippen molar-refractivity contribution in [1.29, 1.82) is 0 Å². The van der Waals surface area contributed by atoms with Crippen LogP contribution in [0, 0.1) is 20.8 Å². The van der Waals surface area contributed by atoms with E-state index in [-0.39, 0.29) is 0 Å². The van der Waals surface area contributed by atoms with Crippen molar-refractivity contribution in [1.82, 2.24) is 5.01 Å². The molecular formula is C24H34BN3O4. The molecule has 2 aromatic rings. The SMILES string of the molecule is Cc1cc(B2OC(C)(C)C(C)(C)O2)c(C)cc1OCc1c(C)cccc1NC(=O)N(C)N. The number of carbonyl (C=O) groups excluding carboxylic acids is 1. The number of rotatable bonds is 5. The van der Waals surface area contributed by atoms with Crippen LogP contribution >= 0.6 is 0 Å². The van der Waals surface area contributed by atoms with Crippen LogP contribution in [0.1, 0.15) is 49.9 Å². The summed E-state index contributed by atoms with van der Waals surface area (Å²) < 4.78 is 18.6. The number of urea groups is 1. The van der Waals surface area contributed by atoms with Crippen LogP contribution in [0.25, 0.3) is 0 Å². The van der Waals surface area contributed by atoms with Crippen LogP contribution < -0.4 is 21.4 Å². The number of amides is 2. The zero-order valence-electron chi connectivity index (χ0n) is 20.3. The summed E-state index contributed by atoms with van der Waals surface area (Å²) in [5.41, 5.74) is 4.83. The summed E-state index contributed by atoms with van der Waals surface area (Å²) in [7, 11) is 1.08. The minimum absolute atomic E-state index is 0.312. The number of hydrogen-bond acceptors (Lipinski definition) is 5. The number of nitrogens with zero attached hydrogens (tertiary/aromatic N) is 1. The minimum Gasteiger partial charge on any atom is -0.489 e. The molecule has 0 aliphatic carbocycles. The minimum atomic E-state index is -0.417. The summed E-state index contributed by atoms with van der Waals surface area (Å²) in [6.45, 7) is 14.5. The van der Waals surface area contributed by atoms with Gasteiger partial charge >= 0.3 is 13.1 Å². The largest absolute Gasteiger partial charge is 0.495 e. The summed E-state index contributed by atoms with van der Waals surface area (Å²) in [6.07, 6.45) is 0. The van der Waals surface area contributed by atoms with Crippen LogP contribution in [-0.4, -0.2) is 36.4 Å². The number of nitrogens with one attached hydrogen (secondary N) is 1. The molecule has 0 aromatic heterocycles. The molecule has 1 heterocycles. The smallest absolute Gasteiger partial charge is 0.489 e. The van der Waals surface area contributed by atoms with Gasteiger partial charge in [-0.1, -0.05) is 18.2 Å². The first-order valence-corrected chi connectivity index (χ1v) is 10.8. The summed E-state index contributed by atoms with van der Waals surface area (Å²) in [4.78, 5) is 12.0. The summed E-state index contributed by atoms with van der Waals surface area (Å²) >= 11 is 0. The second-order valence-corrected chi connectivity index (χ2v) is 9.49. The standard InChI is InChI=1S/C24H34BN3O4/c1-15-10-9-11-20(27-22(29)28(8)26)18(15)14-30-21-13-16(2)19(12-17(21)3)25-31-23(4,5)24(6,7)32-25/h9-13H,14,26H2,1-8H3,(H,27,29). The maximum atomic E-state index is 12.0. The Kier molecular flexibility index (Phi) is 6.61. The lowest BCUT2D eigenvalue weighted by Gasteiger charge is -2.32. The fourth-order valence-electron chi connectivity index (χ4n) is 3.56. The Hall–Kier alpha value is -2.55. The predicted molar refractivity (Wildman–Crippen MR) is 128 cm³/mol. The van der Waals surface area contributed by atoms with Gasteiger partial charge in [-0.3, -0.25) is 5.01 Å². The van der Waals surface area contributed by atoms with Crippen LogP contribution in [-0.2, 0) is 15.9 Å². The Bertz CT molecular complexity index is 1000. The van der Waals surface area contributed by atoms with Crippen molar-refractivity contribution in [3.63, 3.8) is 0 Å². The average molecular weight is 439 g/mol. The van der Waals surface area contributed by atoms with Gasteiger partial charge in [0.25, 0.3) is 0 Å². The topological polar surface area (TPSA) is 86.0 Å². The molecule has 1 fully saturated rings. The predicted octanol–water partition coefficient (Wildman–Crippen LogP) is 3.83. The van der Waals surface area contributed by atoms with Crippen LogP contribution in [0.5, 0.6) is 5.75 Å². The van der Waals surface area contributed by atoms with Crippen LogP contribution in [0.4, 0.5) is 10.5 Å². The first-order chi connectivity index (χ1) is 14.8. The van der Waals surface area contributed by atoms with E-state index in [1.807, 2.05) is 72.7 Å². The highest BCUT2D eigenvalue weighted by atomic mass is 16.7. The van der Waals surface area contributed by atoms with E-state index in [9.17, 15) is 4.79 Å². The Morgan fingerprint density at radius 3 is 2.28 bits per heavy atom. The molecule has 3 rings (SSSR count). The molecule has 172 valence electrons. The zero-order chi connectivity index (χ0) is 23.8. The lowest BCUT2D eigenvalue weighted by Crippen LogP contribution is -2.41. The molecule has 8 heteroatoms. The van der Waals surface area contributed by atoms with Gasteiger partial charge in [0, 0.05) is 18.3 Å². The third-order valence-electron chi connectivity index (χ3n) is 6.41. The molecular weight excluding hydrogens is 405 g/mol. The first-order valence-electron chi connectivity index (χ1n) is 10.8. The van der Waals surface area contributed by atoms with Gasteiger partial charge in [0.1, 0.15) is 12.4 Å². The van der Waals surface area contributed by atoms with E-state index in [1.54, 1.807) is 0 Å². The van der Waals surface area contributed by atoms with Crippen molar-refractivity contribution < 1.29 is 18.8 Å². The number of hydrazine groups is 1. The number of aryl methyl sites for hydroxylation is 3. The van der Waals surface area contributed by atoms with Gasteiger partial charge in [0.05, 0.1) is 11.2 Å². The van der Waals surface area contributed by atoms with Crippen LogP contribution in [0.3, 0.4) is 0 Å². The van der Waals surface area contributed by atoms with Crippen molar-refractivity contribution in [2.24, 2.45) is 5.84 Å². The molecule has 0 atom stereocenters. The number of nitrogens with two attached hydrogens (primary N) is 1. The van der Waals surface area contributed by atoms with Crippen LogP contribution in [0.2, 0.25) is 0 Å². The van der Waals surface area contributed by atoms with Gasteiger partial charge in [-0.15, -0.1) is 0 Å². The monoisotopic (exact) mass is 439 g/mol. The maximum Gasteiger partial charge on any atom is 0.495 e. The molecule has 1 aliphatic heterocycles. The highest BCUT2D eigenvalue weighted by Crippen LogP contribution is 2.37. The van der Waals surface area contributed by atoms with E-state index in [0.29, 0.717) is 12.3 Å². The zero-order valence-corrected chi connectivity index (χ0v) is 20.3. The third-order valence-corrected chi connectivity index (χ3v) is 6.41. The second kappa shape index (κ2) is 8.77. The van der Waals surface area contributed by atoms with Gasteiger partial charge in [-0.25, -0.2) is 10.6 Å². The van der Waals surface area contributed by atoms with Crippen molar-refractivity contribution in [3.05, 3.63) is 52.6 Å². The number of benzene rings is 2. The lowest BCUT2D eigenvalue weighted by molar-refractivity contribution is 0.00578. The molecule has 0 unspecified atom stereocenters. The Balaban J connectivity index is 1.81. The van der Waals surface area contributed by atoms with E-state index in [4.69, 9.17) is 19.9 Å². The first kappa shape index (κ1) is 24.1. The fourth-order valence-corrected chi connectivity index (χ4v) is 3.56. The fraction of sp³-hybridized carbons (Fsp3) is 0.458. The van der Waals surface area contributed by atoms with Gasteiger partial charge in [-0.05, 0) is 82.8 Å². The molecule has 1 aliphatic rings. The molecule has 3 N–H and O–H groups in total. The molecule has 32 heavy (non-hydrogen) atoms. The van der Waals surface area contributed by atoms with Gasteiger partial charge < -0.3 is 19.4 Å². The summed E-state index contributed by atoms with van der Waals surface area (Å²) in [5, 5.41) is 3.83. The van der Waals surface area contributed by atoms with Crippen molar-refractivity contribution in [2.75, 3.05) is 12.4 Å². The molecule has 0 bridgehead atoms. The Morgan fingerprint density at radius 1 is 1.06 bits per heavy atom. The van der Waals surface area contributed by atoms with Crippen molar-refractivity contribution in [3.8, 4) is 5.75 Å². The summed E-state index contributed by atoms with van der Waals surface area (Å²) in [5.74, 6) is 6.32. The lowest BCUT2D eigenvalue weighted by atomic mass is 9.75. The number of hydrogen-bond donors (Lipinski definition) is 2. The quantitative estimate of drug-likeness (QED) is 0.320. The van der Waals surface area contributed by atoms with Crippen LogP contribution in [0.15, 0.2) is 30.3 Å². The second-order valence-electron chi connectivity index (χ2n) is 9.49. The van der Waals surface area contributed by atoms with E-state index < -0.39 is 24.4 Å². The van der Waals surface area contributed by atoms with E-state index in [2.05, 4.69) is 11.4 Å². The van der Waals surface area contributed by atoms with Crippen molar-refractivity contribution in [2.45, 2.75) is 66.3 Å². The van der Waals surface area contributed by atoms with E-state index in [0.717, 1.165) is 38.5 Å². The molecule has 0 saturated carbocycles. The van der Waals surface area contributed by atoms with E-state index >= 15 is 0 Å². The molecule has 7 nitrogen and oxygen atoms in total. The molecule has 2 amide bonds. The van der Waals surface area contributed by atoms with Gasteiger partial charge in [-0.2, -0.15) is 0 Å². The number of anilines is 1. The highest BCUT2D eigenvalue weighted by molar-refractivity contribution is 6.62. The Morgan fingerprint density at radius 2 is 1.69 bits per heavy atom. The summed E-state index contributed by atoms with van der Waals surface area (Å²) in [6, 6.07) is 9.40. The Labute approximate surface area is 191 Å². The van der Waals surface area contributed by atoms with Gasteiger partial charge in [0.2, 0.25) is 0 Å². The molecule has 0 radical (unpaired) electrons. The maximum absolute atomic E-state index is 12.0. The molecule has 1 saturated heterocycles. The third kappa shape index (κ3) is 4.77. The molecule has 0 spiro atoms. The van der Waals surface area contributed by atoms with E-state index in [1.165, 1.54) is 7.05 Å². The number of ether oxygens (including phenoxy) is 1. The molecule has 2 aromatic carbocycles. The average Bonchev–Trinajstić information content (AvgIpc) is 2.90.